The van der Waals surface area contributed by atoms with E-state index in [4.69, 9.17) is 14.2 Å². The summed E-state index contributed by atoms with van der Waals surface area (Å²) in [7, 11) is 0. The van der Waals surface area contributed by atoms with E-state index in [9.17, 15) is 15.3 Å². The molecule has 0 fully saturated rings. The van der Waals surface area contributed by atoms with Crippen LogP contribution < -0.4 is 14.2 Å². The molecule has 0 unspecified atom stereocenters. The SMILES string of the molecule is CCCCCCCCOc1cc2c(cc1O)c1cc(O)c(OCCCCCCCC)cc1c1cc(OCCCCCCCC)c(O)cc21. The quantitative estimate of drug-likeness (QED) is 0.0512. The Hall–Kier alpha value is -3.54. The molecule has 48 heavy (non-hydrogen) atoms. The van der Waals surface area contributed by atoms with Crippen molar-refractivity contribution in [2.75, 3.05) is 19.8 Å². The second-order valence-electron chi connectivity index (χ2n) is 13.4. The maximum absolute atomic E-state index is 11.1. The van der Waals surface area contributed by atoms with Crippen molar-refractivity contribution in [2.45, 2.75) is 136 Å². The van der Waals surface area contributed by atoms with Gasteiger partial charge in [0.05, 0.1) is 19.8 Å². The van der Waals surface area contributed by atoms with Gasteiger partial charge in [-0.3, -0.25) is 0 Å². The topological polar surface area (TPSA) is 88.4 Å². The summed E-state index contributed by atoms with van der Waals surface area (Å²) in [6.45, 7) is 8.25. The Labute approximate surface area is 288 Å². The minimum absolute atomic E-state index is 0.0557. The minimum Gasteiger partial charge on any atom is -0.504 e. The van der Waals surface area contributed by atoms with Gasteiger partial charge in [-0.25, -0.2) is 0 Å². The van der Waals surface area contributed by atoms with Crippen molar-refractivity contribution in [1.29, 1.82) is 0 Å². The van der Waals surface area contributed by atoms with Gasteiger partial charge in [0.1, 0.15) is 0 Å². The van der Waals surface area contributed by atoms with Gasteiger partial charge in [-0.15, -0.1) is 0 Å². The highest BCUT2D eigenvalue weighted by atomic mass is 16.5. The number of phenolic OH excluding ortho intramolecular Hbond substituents is 3. The molecule has 0 heterocycles. The van der Waals surface area contributed by atoms with Crippen LogP contribution in [-0.2, 0) is 0 Å². The molecule has 4 aromatic carbocycles. The van der Waals surface area contributed by atoms with Gasteiger partial charge in [-0.1, -0.05) is 117 Å². The smallest absolute Gasteiger partial charge is 0.161 e. The Morgan fingerprint density at radius 2 is 0.562 bits per heavy atom. The third-order valence-corrected chi connectivity index (χ3v) is 9.43. The van der Waals surface area contributed by atoms with Gasteiger partial charge in [0.25, 0.3) is 0 Å². The van der Waals surface area contributed by atoms with Gasteiger partial charge >= 0.3 is 0 Å². The van der Waals surface area contributed by atoms with Crippen LogP contribution >= 0.6 is 0 Å². The van der Waals surface area contributed by atoms with Crippen molar-refractivity contribution >= 4 is 32.3 Å². The molecule has 0 saturated heterocycles. The van der Waals surface area contributed by atoms with Gasteiger partial charge in [0, 0.05) is 0 Å². The third-order valence-electron chi connectivity index (χ3n) is 9.43. The van der Waals surface area contributed by atoms with Gasteiger partial charge in [0.2, 0.25) is 0 Å². The number of hydrogen-bond acceptors (Lipinski definition) is 6. The number of benzene rings is 4. The molecule has 0 aliphatic rings. The highest BCUT2D eigenvalue weighted by Crippen LogP contribution is 2.46. The van der Waals surface area contributed by atoms with Gasteiger partial charge in [0.15, 0.2) is 34.5 Å². The van der Waals surface area contributed by atoms with E-state index in [1.54, 1.807) is 18.2 Å². The Morgan fingerprint density at radius 3 is 0.833 bits per heavy atom. The number of hydrogen-bond donors (Lipinski definition) is 3. The molecule has 0 aliphatic carbocycles. The van der Waals surface area contributed by atoms with E-state index in [0.717, 1.165) is 70.8 Å². The zero-order valence-electron chi connectivity index (χ0n) is 29.9. The maximum atomic E-state index is 11.1. The average molecular weight is 661 g/mol. The van der Waals surface area contributed by atoms with E-state index in [-0.39, 0.29) is 17.2 Å². The zero-order chi connectivity index (χ0) is 34.1. The third kappa shape index (κ3) is 10.5. The van der Waals surface area contributed by atoms with Crippen molar-refractivity contribution in [2.24, 2.45) is 0 Å². The predicted octanol–water partition coefficient (Wildman–Crippen LogP) is 12.5. The number of phenols is 3. The molecule has 0 atom stereocenters. The number of aromatic hydroxyl groups is 3. The molecule has 6 heteroatoms. The van der Waals surface area contributed by atoms with Crippen LogP contribution in [0.2, 0.25) is 0 Å². The van der Waals surface area contributed by atoms with Crippen LogP contribution in [0.25, 0.3) is 32.3 Å². The molecule has 0 saturated carbocycles. The van der Waals surface area contributed by atoms with Crippen molar-refractivity contribution in [3.8, 4) is 34.5 Å². The monoisotopic (exact) mass is 660 g/mol. The highest BCUT2D eigenvalue weighted by molar-refractivity contribution is 6.26. The molecule has 0 aliphatic heterocycles. The van der Waals surface area contributed by atoms with E-state index >= 15 is 0 Å². The van der Waals surface area contributed by atoms with Crippen molar-refractivity contribution < 1.29 is 29.5 Å². The first-order chi connectivity index (χ1) is 23.5. The van der Waals surface area contributed by atoms with Crippen molar-refractivity contribution in [1.82, 2.24) is 0 Å². The lowest BCUT2D eigenvalue weighted by atomic mass is 9.93. The Balaban J connectivity index is 1.65. The number of rotatable bonds is 24. The highest BCUT2D eigenvalue weighted by Gasteiger charge is 2.18. The number of unbranched alkanes of at least 4 members (excludes halogenated alkanes) is 15. The van der Waals surface area contributed by atoms with E-state index in [1.165, 1.54) is 77.0 Å². The summed E-state index contributed by atoms with van der Waals surface area (Å²) in [5.41, 5.74) is 0. The molecule has 0 spiro atoms. The summed E-state index contributed by atoms with van der Waals surface area (Å²) < 4.78 is 18.3. The summed E-state index contributed by atoms with van der Waals surface area (Å²) in [4.78, 5) is 0. The lowest BCUT2D eigenvalue weighted by Gasteiger charge is -2.17. The molecule has 4 aromatic rings. The first-order valence-electron chi connectivity index (χ1n) is 19.0. The van der Waals surface area contributed by atoms with Crippen LogP contribution in [0.3, 0.4) is 0 Å². The summed E-state index contributed by atoms with van der Waals surface area (Å²) in [6.07, 6.45) is 20.8. The first-order valence-corrected chi connectivity index (χ1v) is 19.0. The lowest BCUT2D eigenvalue weighted by Crippen LogP contribution is -2.00. The van der Waals surface area contributed by atoms with Gasteiger partial charge in [-0.2, -0.15) is 0 Å². The van der Waals surface area contributed by atoms with Gasteiger partial charge in [-0.05, 0) is 88.0 Å². The molecule has 0 aromatic heterocycles. The molecule has 0 amide bonds. The van der Waals surface area contributed by atoms with Crippen LogP contribution in [0.1, 0.15) is 136 Å². The molecule has 264 valence electrons. The Kier molecular flexibility index (Phi) is 15.6. The predicted molar refractivity (Wildman–Crippen MR) is 201 cm³/mol. The van der Waals surface area contributed by atoms with E-state index in [0.29, 0.717) is 37.1 Å². The second-order valence-corrected chi connectivity index (χ2v) is 13.4. The molecule has 6 nitrogen and oxygen atoms in total. The summed E-state index contributed by atoms with van der Waals surface area (Å²) in [5.74, 6) is 1.49. The molecular weight excluding hydrogens is 600 g/mol. The fourth-order valence-corrected chi connectivity index (χ4v) is 6.58. The van der Waals surface area contributed by atoms with Crippen LogP contribution in [0.15, 0.2) is 36.4 Å². The summed E-state index contributed by atoms with van der Waals surface area (Å²) in [5, 5.41) is 38.2. The fourth-order valence-electron chi connectivity index (χ4n) is 6.58. The number of fused-ring (bicyclic) bond motifs is 6. The lowest BCUT2D eigenvalue weighted by molar-refractivity contribution is 0.289. The Morgan fingerprint density at radius 1 is 0.333 bits per heavy atom. The first kappa shape index (κ1) is 37.3. The van der Waals surface area contributed by atoms with Crippen LogP contribution in [0.4, 0.5) is 0 Å². The maximum Gasteiger partial charge on any atom is 0.161 e. The molecule has 3 N–H and O–H groups in total. The van der Waals surface area contributed by atoms with E-state index in [2.05, 4.69) is 20.8 Å². The van der Waals surface area contributed by atoms with E-state index in [1.807, 2.05) is 18.2 Å². The van der Waals surface area contributed by atoms with Crippen LogP contribution in [0.5, 0.6) is 34.5 Å². The average Bonchev–Trinajstić information content (AvgIpc) is 3.08. The van der Waals surface area contributed by atoms with Crippen molar-refractivity contribution in [3.63, 3.8) is 0 Å². The largest absolute Gasteiger partial charge is 0.504 e. The molecule has 0 radical (unpaired) electrons. The second kappa shape index (κ2) is 20.1. The molecule has 4 rings (SSSR count). The molecule has 0 bridgehead atoms. The standard InChI is InChI=1S/C42H60O6/c1-4-7-10-13-16-19-22-46-40-28-34-31(25-37(40)43)32-26-38(44)41(47-23-20-17-14-11-8-5-2)29-35(32)36-30-42(39(45)27-33(34)36)48-24-21-18-15-12-9-6-3/h25-30,43-45H,4-24H2,1-3H3. The minimum atomic E-state index is 0.0557. The fraction of sp³-hybridized carbons (Fsp3) is 0.571. The number of ether oxygens (including phenoxy) is 3. The summed E-state index contributed by atoms with van der Waals surface area (Å²) in [6, 6.07) is 10.9. The summed E-state index contributed by atoms with van der Waals surface area (Å²) >= 11 is 0. The normalized spacial score (nSPS) is 11.6. The zero-order valence-corrected chi connectivity index (χ0v) is 29.9. The Bertz CT molecular complexity index is 1560. The molecular formula is C42H60O6. The van der Waals surface area contributed by atoms with E-state index < -0.39 is 0 Å². The van der Waals surface area contributed by atoms with Crippen LogP contribution in [0, 0.1) is 0 Å². The van der Waals surface area contributed by atoms with Crippen LogP contribution in [-0.4, -0.2) is 35.1 Å². The van der Waals surface area contributed by atoms with Crippen molar-refractivity contribution in [3.05, 3.63) is 36.4 Å². The van der Waals surface area contributed by atoms with Gasteiger partial charge < -0.3 is 29.5 Å².